The molecule has 0 radical (unpaired) electrons. The Morgan fingerprint density at radius 2 is 2.00 bits per heavy atom. The molecule has 0 bridgehead atoms. The molecule has 5 nitrogen and oxygen atoms in total. The van der Waals surface area contributed by atoms with Gasteiger partial charge in [0, 0.05) is 36.2 Å². The Kier molecular flexibility index (Phi) is 5.13. The SMILES string of the molecule is Fc1ccc([C@@]2(CNc3cc(C4CCNCC4)ncn3)CCOC2)cc1. The zero-order valence-electron chi connectivity index (χ0n) is 14.9. The third kappa shape index (κ3) is 3.71. The third-order valence-electron chi connectivity index (χ3n) is 5.61. The van der Waals surface area contributed by atoms with Crippen LogP contribution in [0.15, 0.2) is 36.7 Å². The molecule has 0 spiro atoms. The van der Waals surface area contributed by atoms with Gasteiger partial charge in [0.05, 0.1) is 6.61 Å². The minimum Gasteiger partial charge on any atom is -0.380 e. The highest BCUT2D eigenvalue weighted by atomic mass is 19.1. The van der Waals surface area contributed by atoms with Gasteiger partial charge in [0.1, 0.15) is 18.0 Å². The van der Waals surface area contributed by atoms with E-state index in [-0.39, 0.29) is 11.2 Å². The maximum absolute atomic E-state index is 13.3. The molecular weight excluding hydrogens is 331 g/mol. The molecule has 26 heavy (non-hydrogen) atoms. The summed E-state index contributed by atoms with van der Waals surface area (Å²) >= 11 is 0. The van der Waals surface area contributed by atoms with Crippen molar-refractivity contribution in [1.29, 1.82) is 0 Å². The highest BCUT2D eigenvalue weighted by molar-refractivity contribution is 5.39. The van der Waals surface area contributed by atoms with E-state index in [9.17, 15) is 4.39 Å². The van der Waals surface area contributed by atoms with E-state index in [0.717, 1.165) is 56.0 Å². The monoisotopic (exact) mass is 356 g/mol. The summed E-state index contributed by atoms with van der Waals surface area (Å²) < 4.78 is 19.0. The zero-order valence-corrected chi connectivity index (χ0v) is 14.9. The Labute approximate surface area is 153 Å². The molecule has 6 heteroatoms. The van der Waals surface area contributed by atoms with E-state index in [0.29, 0.717) is 19.1 Å². The number of anilines is 1. The van der Waals surface area contributed by atoms with E-state index >= 15 is 0 Å². The number of benzene rings is 1. The van der Waals surface area contributed by atoms with Crippen molar-refractivity contribution in [3.63, 3.8) is 0 Å². The summed E-state index contributed by atoms with van der Waals surface area (Å²) in [5.41, 5.74) is 2.08. The van der Waals surface area contributed by atoms with Crippen molar-refractivity contribution in [1.82, 2.24) is 15.3 Å². The predicted octanol–water partition coefficient (Wildman–Crippen LogP) is 2.85. The molecule has 2 aromatic rings. The second kappa shape index (κ2) is 7.68. The van der Waals surface area contributed by atoms with Crippen LogP contribution >= 0.6 is 0 Å². The van der Waals surface area contributed by atoms with Crippen molar-refractivity contribution >= 4 is 5.82 Å². The number of rotatable bonds is 5. The molecule has 1 aromatic heterocycles. The quantitative estimate of drug-likeness (QED) is 0.863. The lowest BCUT2D eigenvalue weighted by Crippen LogP contribution is -2.35. The Bertz CT molecular complexity index is 725. The molecule has 3 heterocycles. The summed E-state index contributed by atoms with van der Waals surface area (Å²) in [5.74, 6) is 1.14. The molecule has 138 valence electrons. The van der Waals surface area contributed by atoms with Crippen molar-refractivity contribution in [3.8, 4) is 0 Å². The average Bonchev–Trinajstić information content (AvgIpc) is 3.18. The normalized spacial score (nSPS) is 23.9. The van der Waals surface area contributed by atoms with Crippen LogP contribution in [0.3, 0.4) is 0 Å². The molecule has 1 atom stereocenters. The lowest BCUT2D eigenvalue weighted by atomic mass is 9.79. The first-order valence-electron chi connectivity index (χ1n) is 9.36. The predicted molar refractivity (Wildman–Crippen MR) is 98.9 cm³/mol. The average molecular weight is 356 g/mol. The maximum Gasteiger partial charge on any atom is 0.129 e. The van der Waals surface area contributed by atoms with Gasteiger partial charge in [0.25, 0.3) is 0 Å². The molecule has 2 aliphatic rings. The minimum absolute atomic E-state index is 0.145. The van der Waals surface area contributed by atoms with Crippen molar-refractivity contribution in [2.45, 2.75) is 30.6 Å². The van der Waals surface area contributed by atoms with Gasteiger partial charge in [0.2, 0.25) is 0 Å². The highest BCUT2D eigenvalue weighted by Gasteiger charge is 2.36. The van der Waals surface area contributed by atoms with Gasteiger partial charge in [-0.15, -0.1) is 0 Å². The maximum atomic E-state index is 13.3. The van der Waals surface area contributed by atoms with E-state index in [1.165, 1.54) is 12.1 Å². The fourth-order valence-electron chi connectivity index (χ4n) is 3.95. The van der Waals surface area contributed by atoms with Crippen LogP contribution in [0.5, 0.6) is 0 Å². The van der Waals surface area contributed by atoms with Crippen LogP contribution < -0.4 is 10.6 Å². The van der Waals surface area contributed by atoms with Crippen LogP contribution in [0, 0.1) is 5.82 Å². The summed E-state index contributed by atoms with van der Waals surface area (Å²) in [6, 6.07) is 8.85. The number of piperidine rings is 1. The molecule has 1 aromatic carbocycles. The summed E-state index contributed by atoms with van der Waals surface area (Å²) in [5, 5.41) is 6.87. The number of nitrogens with one attached hydrogen (secondary N) is 2. The summed E-state index contributed by atoms with van der Waals surface area (Å²) in [6.45, 7) is 4.16. The number of ether oxygens (including phenoxy) is 1. The van der Waals surface area contributed by atoms with Crippen LogP contribution in [0.4, 0.5) is 10.2 Å². The summed E-state index contributed by atoms with van der Waals surface area (Å²) in [4.78, 5) is 8.88. The van der Waals surface area contributed by atoms with E-state index in [1.807, 2.05) is 12.1 Å². The van der Waals surface area contributed by atoms with E-state index in [4.69, 9.17) is 4.74 Å². The van der Waals surface area contributed by atoms with Gasteiger partial charge in [0.15, 0.2) is 0 Å². The molecular formula is C20H25FN4O. The Balaban J connectivity index is 1.48. The van der Waals surface area contributed by atoms with Gasteiger partial charge in [-0.2, -0.15) is 0 Å². The Hall–Kier alpha value is -2.05. The van der Waals surface area contributed by atoms with Gasteiger partial charge >= 0.3 is 0 Å². The third-order valence-corrected chi connectivity index (χ3v) is 5.61. The number of nitrogens with zero attached hydrogens (tertiary/aromatic N) is 2. The van der Waals surface area contributed by atoms with Crippen LogP contribution in [0.1, 0.15) is 36.4 Å². The first-order valence-corrected chi connectivity index (χ1v) is 9.36. The molecule has 0 unspecified atom stereocenters. The fraction of sp³-hybridized carbons (Fsp3) is 0.500. The van der Waals surface area contributed by atoms with Crippen LogP contribution in [-0.4, -0.2) is 42.8 Å². The molecule has 0 saturated carbocycles. The number of hydrogen-bond donors (Lipinski definition) is 2. The Morgan fingerprint density at radius 1 is 1.19 bits per heavy atom. The van der Waals surface area contributed by atoms with Crippen molar-refractivity contribution in [3.05, 3.63) is 53.7 Å². The van der Waals surface area contributed by atoms with E-state index in [2.05, 4.69) is 26.7 Å². The second-order valence-corrected chi connectivity index (χ2v) is 7.30. The smallest absolute Gasteiger partial charge is 0.129 e. The fourth-order valence-corrected chi connectivity index (χ4v) is 3.95. The van der Waals surface area contributed by atoms with Gasteiger partial charge in [-0.1, -0.05) is 12.1 Å². The van der Waals surface area contributed by atoms with Gasteiger partial charge < -0.3 is 15.4 Å². The van der Waals surface area contributed by atoms with Crippen molar-refractivity contribution < 1.29 is 9.13 Å². The van der Waals surface area contributed by atoms with Gasteiger partial charge in [-0.25, -0.2) is 14.4 Å². The van der Waals surface area contributed by atoms with E-state index < -0.39 is 0 Å². The van der Waals surface area contributed by atoms with E-state index in [1.54, 1.807) is 6.33 Å². The Morgan fingerprint density at radius 3 is 2.73 bits per heavy atom. The van der Waals surface area contributed by atoms with Crippen molar-refractivity contribution in [2.75, 3.05) is 38.2 Å². The lowest BCUT2D eigenvalue weighted by molar-refractivity contribution is 0.179. The summed E-state index contributed by atoms with van der Waals surface area (Å²) in [7, 11) is 0. The van der Waals surface area contributed by atoms with Crippen LogP contribution in [0.25, 0.3) is 0 Å². The van der Waals surface area contributed by atoms with Gasteiger partial charge in [-0.3, -0.25) is 0 Å². The zero-order chi connectivity index (χ0) is 17.8. The van der Waals surface area contributed by atoms with Crippen LogP contribution in [-0.2, 0) is 10.2 Å². The molecule has 2 aliphatic heterocycles. The minimum atomic E-state index is -0.210. The van der Waals surface area contributed by atoms with Gasteiger partial charge in [-0.05, 0) is 50.0 Å². The standard InChI is InChI=1S/C20H25FN4O/c21-17-3-1-16(2-4-17)20(7-10-26-13-20)12-23-19-11-18(24-14-25-19)15-5-8-22-9-6-15/h1-4,11,14-15,22H,5-10,12-13H2,(H,23,24,25)/t20-/m1/s1. The largest absolute Gasteiger partial charge is 0.380 e. The first kappa shape index (κ1) is 17.4. The number of halogens is 1. The lowest BCUT2D eigenvalue weighted by Gasteiger charge is -2.29. The second-order valence-electron chi connectivity index (χ2n) is 7.30. The molecule has 4 rings (SSSR count). The molecule has 2 N–H and O–H groups in total. The highest BCUT2D eigenvalue weighted by Crippen LogP contribution is 2.34. The topological polar surface area (TPSA) is 59.1 Å². The van der Waals surface area contributed by atoms with Crippen LogP contribution in [0.2, 0.25) is 0 Å². The first-order chi connectivity index (χ1) is 12.8. The van der Waals surface area contributed by atoms with Crippen molar-refractivity contribution in [2.24, 2.45) is 0 Å². The number of aromatic nitrogens is 2. The summed E-state index contributed by atoms with van der Waals surface area (Å²) in [6.07, 6.45) is 4.79. The number of hydrogen-bond acceptors (Lipinski definition) is 5. The molecule has 2 saturated heterocycles. The molecule has 2 fully saturated rings. The molecule has 0 aliphatic carbocycles. The molecule has 0 amide bonds.